The Labute approximate surface area is 73.2 Å². The zero-order valence-corrected chi connectivity index (χ0v) is 7.69. The van der Waals surface area contributed by atoms with Crippen molar-refractivity contribution in [2.45, 2.75) is 37.1 Å². The van der Waals surface area contributed by atoms with Crippen molar-refractivity contribution in [3.05, 3.63) is 0 Å². The van der Waals surface area contributed by atoms with E-state index in [-0.39, 0.29) is 24.3 Å². The van der Waals surface area contributed by atoms with Gasteiger partial charge in [0.15, 0.2) is 0 Å². The standard InChI is InChI=1S/C8H18N2O2/c1-11-7-3-6(10)8(12-2)4-5(7)9/h5-8H,3-4,9-10H2,1-2H3. The van der Waals surface area contributed by atoms with E-state index in [1.165, 1.54) is 0 Å². The molecule has 0 aromatic rings. The first-order valence-corrected chi connectivity index (χ1v) is 4.25. The summed E-state index contributed by atoms with van der Waals surface area (Å²) < 4.78 is 10.4. The highest BCUT2D eigenvalue weighted by Crippen LogP contribution is 2.20. The highest BCUT2D eigenvalue weighted by Gasteiger charge is 2.33. The Morgan fingerprint density at radius 1 is 0.917 bits per heavy atom. The van der Waals surface area contributed by atoms with Crippen LogP contribution in [0.3, 0.4) is 0 Å². The number of hydrogen-bond donors (Lipinski definition) is 2. The number of nitrogens with two attached hydrogens (primary N) is 2. The molecule has 0 radical (unpaired) electrons. The molecular weight excluding hydrogens is 156 g/mol. The van der Waals surface area contributed by atoms with Gasteiger partial charge >= 0.3 is 0 Å². The highest BCUT2D eigenvalue weighted by molar-refractivity contribution is 4.91. The van der Waals surface area contributed by atoms with E-state index in [0.717, 1.165) is 12.8 Å². The number of ether oxygens (including phenoxy) is 2. The molecule has 12 heavy (non-hydrogen) atoms. The minimum Gasteiger partial charge on any atom is -0.380 e. The molecule has 0 aliphatic heterocycles. The van der Waals surface area contributed by atoms with Crippen LogP contribution < -0.4 is 11.5 Å². The SMILES string of the molecule is COC1CC(N)C(OC)CC1N. The van der Waals surface area contributed by atoms with Crippen LogP contribution in [0.2, 0.25) is 0 Å². The van der Waals surface area contributed by atoms with Crippen molar-refractivity contribution in [3.63, 3.8) is 0 Å². The van der Waals surface area contributed by atoms with Crippen LogP contribution in [-0.2, 0) is 9.47 Å². The Morgan fingerprint density at radius 3 is 1.50 bits per heavy atom. The van der Waals surface area contributed by atoms with E-state index in [1.54, 1.807) is 14.2 Å². The molecule has 4 nitrogen and oxygen atoms in total. The average Bonchev–Trinajstić information content (AvgIpc) is 2.08. The lowest BCUT2D eigenvalue weighted by Gasteiger charge is -2.36. The average molecular weight is 174 g/mol. The molecule has 0 aromatic heterocycles. The van der Waals surface area contributed by atoms with Gasteiger partial charge in [0.25, 0.3) is 0 Å². The van der Waals surface area contributed by atoms with Crippen molar-refractivity contribution < 1.29 is 9.47 Å². The van der Waals surface area contributed by atoms with Gasteiger partial charge < -0.3 is 20.9 Å². The Hall–Kier alpha value is -0.160. The zero-order chi connectivity index (χ0) is 9.14. The molecule has 0 spiro atoms. The first kappa shape index (κ1) is 9.92. The summed E-state index contributed by atoms with van der Waals surface area (Å²) in [7, 11) is 3.34. The zero-order valence-electron chi connectivity index (χ0n) is 7.69. The second-order valence-corrected chi connectivity index (χ2v) is 3.35. The van der Waals surface area contributed by atoms with Gasteiger partial charge in [-0.05, 0) is 12.8 Å². The van der Waals surface area contributed by atoms with Crippen LogP contribution in [0.1, 0.15) is 12.8 Å². The third kappa shape index (κ3) is 1.95. The molecule has 1 aliphatic rings. The van der Waals surface area contributed by atoms with E-state index in [2.05, 4.69) is 0 Å². The predicted molar refractivity (Wildman–Crippen MR) is 46.8 cm³/mol. The van der Waals surface area contributed by atoms with Gasteiger partial charge in [0, 0.05) is 26.3 Å². The molecule has 4 atom stereocenters. The normalized spacial score (nSPS) is 43.0. The maximum Gasteiger partial charge on any atom is 0.0738 e. The number of methoxy groups -OCH3 is 2. The van der Waals surface area contributed by atoms with E-state index in [4.69, 9.17) is 20.9 Å². The molecule has 1 rings (SSSR count). The fourth-order valence-corrected chi connectivity index (χ4v) is 1.73. The van der Waals surface area contributed by atoms with Gasteiger partial charge in [-0.2, -0.15) is 0 Å². The van der Waals surface area contributed by atoms with Crippen LogP contribution in [0.15, 0.2) is 0 Å². The third-order valence-electron chi connectivity index (χ3n) is 2.57. The van der Waals surface area contributed by atoms with Gasteiger partial charge in [0.05, 0.1) is 12.2 Å². The molecule has 4 N–H and O–H groups in total. The number of hydrogen-bond acceptors (Lipinski definition) is 4. The summed E-state index contributed by atoms with van der Waals surface area (Å²) in [6, 6.07) is 0.111. The van der Waals surface area contributed by atoms with E-state index in [0.29, 0.717) is 0 Å². The Balaban J connectivity index is 2.49. The van der Waals surface area contributed by atoms with E-state index < -0.39 is 0 Å². The Morgan fingerprint density at radius 2 is 1.25 bits per heavy atom. The fourth-order valence-electron chi connectivity index (χ4n) is 1.73. The highest BCUT2D eigenvalue weighted by atomic mass is 16.5. The minimum atomic E-state index is 0.0553. The van der Waals surface area contributed by atoms with Crippen LogP contribution in [0.4, 0.5) is 0 Å². The van der Waals surface area contributed by atoms with Gasteiger partial charge in [0.2, 0.25) is 0 Å². The van der Waals surface area contributed by atoms with E-state index in [9.17, 15) is 0 Å². The molecule has 1 saturated carbocycles. The van der Waals surface area contributed by atoms with Crippen molar-refractivity contribution >= 4 is 0 Å². The summed E-state index contributed by atoms with van der Waals surface area (Å²) in [5, 5.41) is 0. The largest absolute Gasteiger partial charge is 0.380 e. The first-order valence-electron chi connectivity index (χ1n) is 4.25. The predicted octanol–water partition coefficient (Wildman–Crippen LogP) is -0.535. The molecule has 1 aliphatic carbocycles. The monoisotopic (exact) mass is 174 g/mol. The van der Waals surface area contributed by atoms with Crippen molar-refractivity contribution in [3.8, 4) is 0 Å². The second kappa shape index (κ2) is 4.18. The van der Waals surface area contributed by atoms with Gasteiger partial charge in [-0.3, -0.25) is 0 Å². The van der Waals surface area contributed by atoms with Gasteiger partial charge in [-0.1, -0.05) is 0 Å². The lowest BCUT2D eigenvalue weighted by Crippen LogP contribution is -2.53. The van der Waals surface area contributed by atoms with Gasteiger partial charge in [-0.25, -0.2) is 0 Å². The molecule has 4 heteroatoms. The third-order valence-corrected chi connectivity index (χ3v) is 2.57. The van der Waals surface area contributed by atoms with Gasteiger partial charge in [-0.15, -0.1) is 0 Å². The maximum atomic E-state index is 5.86. The molecule has 0 saturated heterocycles. The summed E-state index contributed by atoms with van der Waals surface area (Å²) in [5.41, 5.74) is 11.7. The van der Waals surface area contributed by atoms with Crippen LogP contribution in [0.5, 0.6) is 0 Å². The summed E-state index contributed by atoms with van der Waals surface area (Å²) in [4.78, 5) is 0. The van der Waals surface area contributed by atoms with E-state index in [1.807, 2.05) is 0 Å². The molecular formula is C8H18N2O2. The summed E-state index contributed by atoms with van der Waals surface area (Å²) in [6.45, 7) is 0. The smallest absolute Gasteiger partial charge is 0.0738 e. The van der Waals surface area contributed by atoms with Gasteiger partial charge in [0.1, 0.15) is 0 Å². The minimum absolute atomic E-state index is 0.0553. The molecule has 1 fully saturated rings. The molecule has 4 unspecified atom stereocenters. The topological polar surface area (TPSA) is 70.5 Å². The first-order chi connectivity index (χ1) is 5.69. The van der Waals surface area contributed by atoms with Crippen LogP contribution in [-0.4, -0.2) is 38.5 Å². The number of rotatable bonds is 2. The van der Waals surface area contributed by atoms with Crippen molar-refractivity contribution in [1.82, 2.24) is 0 Å². The second-order valence-electron chi connectivity index (χ2n) is 3.35. The maximum absolute atomic E-state index is 5.86. The van der Waals surface area contributed by atoms with Crippen LogP contribution >= 0.6 is 0 Å². The molecule has 0 amide bonds. The lowest BCUT2D eigenvalue weighted by atomic mass is 9.87. The molecule has 0 aromatic carbocycles. The summed E-state index contributed by atoms with van der Waals surface area (Å²) >= 11 is 0. The van der Waals surface area contributed by atoms with E-state index >= 15 is 0 Å². The fraction of sp³-hybridized carbons (Fsp3) is 1.00. The van der Waals surface area contributed by atoms with Crippen LogP contribution in [0.25, 0.3) is 0 Å². The molecule has 0 heterocycles. The van der Waals surface area contributed by atoms with Crippen LogP contribution in [0, 0.1) is 0 Å². The summed E-state index contributed by atoms with van der Waals surface area (Å²) in [6.07, 6.45) is 1.75. The Kier molecular flexibility index (Phi) is 3.46. The molecule has 0 bridgehead atoms. The van der Waals surface area contributed by atoms with Crippen molar-refractivity contribution in [1.29, 1.82) is 0 Å². The quantitative estimate of drug-likeness (QED) is 0.590. The van der Waals surface area contributed by atoms with Crippen molar-refractivity contribution in [2.75, 3.05) is 14.2 Å². The Bertz CT molecular complexity index is 127. The molecule has 72 valence electrons. The van der Waals surface area contributed by atoms with Crippen molar-refractivity contribution in [2.24, 2.45) is 11.5 Å². The summed E-state index contributed by atoms with van der Waals surface area (Å²) in [5.74, 6) is 0. The lowest BCUT2D eigenvalue weighted by molar-refractivity contribution is -0.0205.